The zero-order valence-electron chi connectivity index (χ0n) is 14.4. The van der Waals surface area contributed by atoms with Crippen molar-refractivity contribution in [3.8, 4) is 17.6 Å². The molecule has 26 heavy (non-hydrogen) atoms. The third kappa shape index (κ3) is 3.38. The maximum Gasteiger partial charge on any atom is 0.244 e. The van der Waals surface area contributed by atoms with E-state index in [-0.39, 0.29) is 10.3 Å². The molecule has 0 N–H and O–H groups in total. The van der Waals surface area contributed by atoms with Crippen molar-refractivity contribution in [1.29, 1.82) is 5.26 Å². The van der Waals surface area contributed by atoms with Crippen molar-refractivity contribution >= 4 is 21.8 Å². The molecular formula is C18H18N2O4S2. The Balaban J connectivity index is 1.96. The number of thioether (sulfide) groups is 1. The zero-order valence-corrected chi connectivity index (χ0v) is 16.0. The highest BCUT2D eigenvalue weighted by atomic mass is 32.2. The van der Waals surface area contributed by atoms with Crippen molar-refractivity contribution in [2.75, 3.05) is 26.5 Å². The first-order valence-corrected chi connectivity index (χ1v) is 10.4. The van der Waals surface area contributed by atoms with Gasteiger partial charge in [0.1, 0.15) is 0 Å². The van der Waals surface area contributed by atoms with Crippen LogP contribution in [0.25, 0.3) is 0 Å². The molecule has 6 nitrogen and oxygen atoms in total. The molecule has 0 bridgehead atoms. The smallest absolute Gasteiger partial charge is 0.244 e. The van der Waals surface area contributed by atoms with Crippen molar-refractivity contribution in [2.24, 2.45) is 0 Å². The van der Waals surface area contributed by atoms with E-state index in [1.165, 1.54) is 28.6 Å². The third-order valence-corrected chi connectivity index (χ3v) is 7.40. The van der Waals surface area contributed by atoms with Crippen molar-refractivity contribution in [3.05, 3.63) is 53.6 Å². The van der Waals surface area contributed by atoms with Crippen LogP contribution >= 0.6 is 11.8 Å². The van der Waals surface area contributed by atoms with Crippen LogP contribution in [-0.4, -0.2) is 39.2 Å². The molecule has 1 aliphatic rings. The normalized spacial score (nSPS) is 17.7. The van der Waals surface area contributed by atoms with E-state index < -0.39 is 10.0 Å². The van der Waals surface area contributed by atoms with Crippen LogP contribution in [-0.2, 0) is 10.0 Å². The molecule has 0 aliphatic carbocycles. The van der Waals surface area contributed by atoms with E-state index in [0.29, 0.717) is 29.4 Å². The minimum atomic E-state index is -3.67. The number of benzene rings is 2. The summed E-state index contributed by atoms with van der Waals surface area (Å²) in [4.78, 5) is 0.185. The Kier molecular flexibility index (Phi) is 5.41. The van der Waals surface area contributed by atoms with Gasteiger partial charge in [0.2, 0.25) is 10.0 Å². The number of hydrogen-bond acceptors (Lipinski definition) is 6. The van der Waals surface area contributed by atoms with Crippen LogP contribution in [0, 0.1) is 11.3 Å². The van der Waals surface area contributed by atoms with Gasteiger partial charge >= 0.3 is 0 Å². The van der Waals surface area contributed by atoms with Crippen LogP contribution < -0.4 is 9.47 Å². The highest BCUT2D eigenvalue weighted by Crippen LogP contribution is 2.43. The first-order chi connectivity index (χ1) is 12.5. The van der Waals surface area contributed by atoms with Gasteiger partial charge in [-0.05, 0) is 42.0 Å². The van der Waals surface area contributed by atoms with Crippen molar-refractivity contribution in [1.82, 2.24) is 4.31 Å². The van der Waals surface area contributed by atoms with Gasteiger partial charge in [0.05, 0.1) is 36.1 Å². The van der Waals surface area contributed by atoms with Gasteiger partial charge in [0.25, 0.3) is 0 Å². The van der Waals surface area contributed by atoms with Crippen LogP contribution in [0.1, 0.15) is 16.5 Å². The molecule has 1 heterocycles. The van der Waals surface area contributed by atoms with E-state index in [0.717, 1.165) is 5.56 Å². The summed E-state index contributed by atoms with van der Waals surface area (Å²) in [5.74, 6) is 1.86. The van der Waals surface area contributed by atoms with Crippen molar-refractivity contribution in [2.45, 2.75) is 10.3 Å². The molecule has 0 radical (unpaired) electrons. The molecule has 1 unspecified atom stereocenters. The Bertz CT molecular complexity index is 937. The van der Waals surface area contributed by atoms with Gasteiger partial charge in [-0.2, -0.15) is 9.57 Å². The molecular weight excluding hydrogens is 372 g/mol. The number of sulfonamides is 1. The highest BCUT2D eigenvalue weighted by Gasteiger charge is 2.37. The van der Waals surface area contributed by atoms with E-state index in [9.17, 15) is 8.42 Å². The molecule has 2 aromatic rings. The Hall–Kier alpha value is -2.21. The molecule has 1 saturated heterocycles. The zero-order chi connectivity index (χ0) is 18.7. The van der Waals surface area contributed by atoms with Gasteiger partial charge in [0.15, 0.2) is 11.5 Å². The molecule has 1 fully saturated rings. The Morgan fingerprint density at radius 3 is 2.42 bits per heavy atom. The van der Waals surface area contributed by atoms with Crippen LogP contribution in [0.3, 0.4) is 0 Å². The van der Waals surface area contributed by atoms with E-state index in [1.807, 2.05) is 18.2 Å². The van der Waals surface area contributed by atoms with Crippen LogP contribution in [0.5, 0.6) is 11.5 Å². The molecule has 3 rings (SSSR count). The second-order valence-electron chi connectivity index (χ2n) is 5.59. The van der Waals surface area contributed by atoms with Gasteiger partial charge < -0.3 is 9.47 Å². The minimum Gasteiger partial charge on any atom is -0.493 e. The quantitative estimate of drug-likeness (QED) is 0.781. The summed E-state index contributed by atoms with van der Waals surface area (Å²) in [6, 6.07) is 13.4. The predicted molar refractivity (Wildman–Crippen MR) is 99.8 cm³/mol. The standard InChI is InChI=1S/C18H18N2O4S2/c1-23-16-8-5-14(11-17(16)24-2)18-20(9-10-25-18)26(21,22)15-6-3-13(12-19)4-7-15/h3-8,11,18H,9-10H2,1-2H3. The fourth-order valence-electron chi connectivity index (χ4n) is 2.81. The van der Waals surface area contributed by atoms with E-state index in [2.05, 4.69) is 0 Å². The number of rotatable bonds is 5. The number of nitriles is 1. The summed E-state index contributed by atoms with van der Waals surface area (Å²) in [5.41, 5.74) is 1.26. The molecule has 0 aromatic heterocycles. The number of nitrogens with zero attached hydrogens (tertiary/aromatic N) is 2. The lowest BCUT2D eigenvalue weighted by Crippen LogP contribution is -2.30. The van der Waals surface area contributed by atoms with Crippen LogP contribution in [0.4, 0.5) is 0 Å². The average Bonchev–Trinajstić information content (AvgIpc) is 3.18. The van der Waals surface area contributed by atoms with Gasteiger partial charge in [0, 0.05) is 12.3 Å². The lowest BCUT2D eigenvalue weighted by atomic mass is 10.2. The summed E-state index contributed by atoms with van der Waals surface area (Å²) < 4.78 is 38.2. The lowest BCUT2D eigenvalue weighted by Gasteiger charge is -2.24. The van der Waals surface area contributed by atoms with Gasteiger partial charge in [-0.3, -0.25) is 0 Å². The van der Waals surface area contributed by atoms with Crippen molar-refractivity contribution in [3.63, 3.8) is 0 Å². The maximum atomic E-state index is 13.1. The SMILES string of the molecule is COc1ccc(C2SCCN2S(=O)(=O)c2ccc(C#N)cc2)cc1OC. The largest absolute Gasteiger partial charge is 0.493 e. The summed E-state index contributed by atoms with van der Waals surface area (Å²) in [5, 5.41) is 8.55. The molecule has 0 amide bonds. The number of hydrogen-bond donors (Lipinski definition) is 0. The van der Waals surface area contributed by atoms with Gasteiger partial charge in [-0.15, -0.1) is 11.8 Å². The summed E-state index contributed by atoms with van der Waals surface area (Å²) in [6.45, 7) is 0.423. The summed E-state index contributed by atoms with van der Waals surface area (Å²) in [6.07, 6.45) is 0. The second-order valence-corrected chi connectivity index (χ2v) is 8.67. The van der Waals surface area contributed by atoms with Crippen LogP contribution in [0.2, 0.25) is 0 Å². The number of methoxy groups -OCH3 is 2. The monoisotopic (exact) mass is 390 g/mol. The Morgan fingerprint density at radius 2 is 1.81 bits per heavy atom. The topological polar surface area (TPSA) is 79.6 Å². The van der Waals surface area contributed by atoms with Crippen molar-refractivity contribution < 1.29 is 17.9 Å². The van der Waals surface area contributed by atoms with Gasteiger partial charge in [-0.25, -0.2) is 8.42 Å². The van der Waals surface area contributed by atoms with E-state index >= 15 is 0 Å². The fourth-order valence-corrected chi connectivity index (χ4v) is 6.04. The van der Waals surface area contributed by atoms with E-state index in [1.54, 1.807) is 32.0 Å². The summed E-state index contributed by atoms with van der Waals surface area (Å²) >= 11 is 1.56. The molecule has 2 aromatic carbocycles. The number of ether oxygens (including phenoxy) is 2. The van der Waals surface area contributed by atoms with E-state index in [4.69, 9.17) is 14.7 Å². The Labute approximate surface area is 157 Å². The van der Waals surface area contributed by atoms with Crippen LogP contribution in [0.15, 0.2) is 47.4 Å². The lowest BCUT2D eigenvalue weighted by molar-refractivity contribution is 0.353. The molecule has 136 valence electrons. The minimum absolute atomic E-state index is 0.185. The first-order valence-electron chi connectivity index (χ1n) is 7.87. The second kappa shape index (κ2) is 7.58. The fraction of sp³-hybridized carbons (Fsp3) is 0.278. The molecule has 0 spiro atoms. The average molecular weight is 390 g/mol. The molecule has 8 heteroatoms. The molecule has 1 aliphatic heterocycles. The molecule has 1 atom stereocenters. The Morgan fingerprint density at radius 1 is 1.12 bits per heavy atom. The highest BCUT2D eigenvalue weighted by molar-refractivity contribution is 8.01. The summed E-state index contributed by atoms with van der Waals surface area (Å²) in [7, 11) is -0.556. The van der Waals surface area contributed by atoms with Gasteiger partial charge in [-0.1, -0.05) is 6.07 Å². The maximum absolute atomic E-state index is 13.1. The third-order valence-electron chi connectivity index (χ3n) is 4.13. The first kappa shape index (κ1) is 18.6. The molecule has 0 saturated carbocycles. The predicted octanol–water partition coefficient (Wildman–Crippen LogP) is 3.01.